The number of alkyl halides is 3. The summed E-state index contributed by atoms with van der Waals surface area (Å²) in [6, 6.07) is 0. The van der Waals surface area contributed by atoms with Crippen molar-refractivity contribution >= 4 is 46.7 Å². The van der Waals surface area contributed by atoms with Crippen molar-refractivity contribution < 1.29 is 24.2 Å². The van der Waals surface area contributed by atoms with Crippen LogP contribution in [0.1, 0.15) is 13.8 Å². The molecule has 0 radical (unpaired) electrons. The molecule has 0 aromatic carbocycles. The molecule has 0 aliphatic rings. The molecule has 0 saturated heterocycles. The van der Waals surface area contributed by atoms with Gasteiger partial charge in [-0.15, -0.1) is 0 Å². The first-order valence-corrected chi connectivity index (χ1v) is 5.57. The second kappa shape index (κ2) is 6.44. The SMILES string of the molecule is C=C(C)C(=O)OC(Cl)C(O)(Cl)C(Cl)OC(C)=O. The van der Waals surface area contributed by atoms with E-state index in [1.165, 1.54) is 6.92 Å². The number of carbonyl (C=O) groups is 2. The monoisotopic (exact) mass is 304 g/mol. The largest absolute Gasteiger partial charge is 0.441 e. The number of aliphatic hydroxyl groups is 1. The van der Waals surface area contributed by atoms with Gasteiger partial charge in [0.2, 0.25) is 16.2 Å². The molecule has 1 N–H and O–H groups in total. The summed E-state index contributed by atoms with van der Waals surface area (Å²) in [5, 5.41) is 7.19. The highest BCUT2D eigenvalue weighted by Crippen LogP contribution is 2.31. The first kappa shape index (κ1) is 16.5. The maximum Gasteiger partial charge on any atom is 0.334 e. The second-order valence-corrected chi connectivity index (χ2v) is 4.55. The zero-order valence-electron chi connectivity index (χ0n) is 9.08. The van der Waals surface area contributed by atoms with E-state index in [0.717, 1.165) is 6.92 Å². The Morgan fingerprint density at radius 1 is 1.24 bits per heavy atom. The molecule has 0 saturated carbocycles. The molecular formula is C9H11Cl3O5. The molecule has 0 bridgehead atoms. The van der Waals surface area contributed by atoms with Gasteiger partial charge in [0.25, 0.3) is 0 Å². The third-order valence-electron chi connectivity index (χ3n) is 1.47. The fourth-order valence-corrected chi connectivity index (χ4v) is 1.20. The van der Waals surface area contributed by atoms with Crippen LogP contribution in [-0.2, 0) is 19.1 Å². The minimum absolute atomic E-state index is 0.0572. The number of ether oxygens (including phenoxy) is 2. The summed E-state index contributed by atoms with van der Waals surface area (Å²) in [7, 11) is 0. The van der Waals surface area contributed by atoms with E-state index >= 15 is 0 Å². The van der Waals surface area contributed by atoms with E-state index in [9.17, 15) is 14.7 Å². The number of carbonyl (C=O) groups excluding carboxylic acids is 2. The van der Waals surface area contributed by atoms with E-state index in [2.05, 4.69) is 16.1 Å². The molecule has 98 valence electrons. The Balaban J connectivity index is 4.63. The Morgan fingerprint density at radius 2 is 1.65 bits per heavy atom. The van der Waals surface area contributed by atoms with Crippen molar-refractivity contribution in [1.82, 2.24) is 0 Å². The van der Waals surface area contributed by atoms with Gasteiger partial charge in [-0.25, -0.2) is 4.79 Å². The fraction of sp³-hybridized carbons (Fsp3) is 0.556. The van der Waals surface area contributed by atoms with Gasteiger partial charge >= 0.3 is 11.9 Å². The topological polar surface area (TPSA) is 72.8 Å². The first-order chi connectivity index (χ1) is 7.59. The molecule has 3 atom stereocenters. The molecule has 0 amide bonds. The van der Waals surface area contributed by atoms with Gasteiger partial charge in [0.05, 0.1) is 0 Å². The average molecular weight is 306 g/mol. The normalized spacial score (nSPS) is 17.5. The Labute approximate surface area is 113 Å². The van der Waals surface area contributed by atoms with Crippen molar-refractivity contribution in [2.24, 2.45) is 0 Å². The fourth-order valence-electron chi connectivity index (χ4n) is 0.609. The minimum Gasteiger partial charge on any atom is -0.441 e. The molecular weight excluding hydrogens is 294 g/mol. The molecule has 8 heteroatoms. The van der Waals surface area contributed by atoms with Gasteiger partial charge in [-0.1, -0.05) is 41.4 Å². The van der Waals surface area contributed by atoms with Crippen LogP contribution in [0.25, 0.3) is 0 Å². The Morgan fingerprint density at radius 3 is 2.00 bits per heavy atom. The highest BCUT2D eigenvalue weighted by molar-refractivity contribution is 6.36. The molecule has 0 fully saturated rings. The van der Waals surface area contributed by atoms with Crippen LogP contribution in [0.5, 0.6) is 0 Å². The lowest BCUT2D eigenvalue weighted by molar-refractivity contribution is -0.158. The lowest BCUT2D eigenvalue weighted by Gasteiger charge is -2.28. The van der Waals surface area contributed by atoms with Crippen molar-refractivity contribution in [3.8, 4) is 0 Å². The number of hydrogen-bond donors (Lipinski definition) is 1. The van der Waals surface area contributed by atoms with Crippen LogP contribution in [-0.4, -0.2) is 33.2 Å². The maximum absolute atomic E-state index is 11.1. The summed E-state index contributed by atoms with van der Waals surface area (Å²) in [6.07, 6.45) is 0. The van der Waals surface area contributed by atoms with E-state index in [4.69, 9.17) is 34.8 Å². The van der Waals surface area contributed by atoms with Crippen LogP contribution in [0.4, 0.5) is 0 Å². The lowest BCUT2D eigenvalue weighted by atomic mass is 10.3. The summed E-state index contributed by atoms with van der Waals surface area (Å²) in [4.78, 5) is 21.7. The summed E-state index contributed by atoms with van der Waals surface area (Å²) < 4.78 is 8.97. The molecule has 0 aromatic rings. The molecule has 3 unspecified atom stereocenters. The molecule has 0 spiro atoms. The number of rotatable bonds is 5. The Bertz CT molecular complexity index is 329. The third kappa shape index (κ3) is 5.12. The summed E-state index contributed by atoms with van der Waals surface area (Å²) in [5.41, 5.74) is -3.33. The Hall–Kier alpha value is -0.490. The van der Waals surface area contributed by atoms with Gasteiger partial charge in [0, 0.05) is 12.5 Å². The average Bonchev–Trinajstić information content (AvgIpc) is 2.15. The van der Waals surface area contributed by atoms with Crippen LogP contribution >= 0.6 is 34.8 Å². The quantitative estimate of drug-likeness (QED) is 0.476. The van der Waals surface area contributed by atoms with Crippen molar-refractivity contribution in [1.29, 1.82) is 0 Å². The predicted molar refractivity (Wildman–Crippen MR) is 62.8 cm³/mol. The third-order valence-corrected chi connectivity index (χ3v) is 2.93. The summed E-state index contributed by atoms with van der Waals surface area (Å²) in [6.45, 7) is 5.75. The smallest absolute Gasteiger partial charge is 0.334 e. The zero-order valence-corrected chi connectivity index (χ0v) is 11.3. The zero-order chi connectivity index (χ0) is 13.8. The van der Waals surface area contributed by atoms with Gasteiger partial charge in [-0.2, -0.15) is 0 Å². The molecule has 0 heterocycles. The van der Waals surface area contributed by atoms with Gasteiger partial charge in [0.15, 0.2) is 0 Å². The summed E-state index contributed by atoms with van der Waals surface area (Å²) >= 11 is 16.6. The van der Waals surface area contributed by atoms with Gasteiger partial charge in [0.1, 0.15) is 0 Å². The standard InChI is InChI=1S/C9H11Cl3O5/c1-4(2)6(14)17-8(11)9(12,15)7(10)16-5(3)13/h7-8,15H,1H2,2-3H3. The number of hydrogen-bond acceptors (Lipinski definition) is 5. The van der Waals surface area contributed by atoms with Gasteiger partial charge in [-0.3, -0.25) is 4.79 Å². The Kier molecular flexibility index (Phi) is 6.26. The second-order valence-electron chi connectivity index (χ2n) is 3.15. The van der Waals surface area contributed by atoms with Crippen LogP contribution in [0.15, 0.2) is 12.2 Å². The predicted octanol–water partition coefficient (Wildman–Crippen LogP) is 1.73. The van der Waals surface area contributed by atoms with E-state index in [1.54, 1.807) is 0 Å². The molecule has 0 aromatic heterocycles. The van der Waals surface area contributed by atoms with E-state index < -0.39 is 28.1 Å². The highest BCUT2D eigenvalue weighted by atomic mass is 35.5. The van der Waals surface area contributed by atoms with E-state index in [-0.39, 0.29) is 5.57 Å². The first-order valence-electron chi connectivity index (χ1n) is 4.32. The van der Waals surface area contributed by atoms with Gasteiger partial charge in [-0.05, 0) is 6.92 Å². The van der Waals surface area contributed by atoms with Crippen molar-refractivity contribution in [2.45, 2.75) is 30.0 Å². The maximum atomic E-state index is 11.1. The summed E-state index contributed by atoms with van der Waals surface area (Å²) in [5.74, 6) is -1.64. The van der Waals surface area contributed by atoms with E-state index in [1.807, 2.05) is 0 Å². The number of halogens is 3. The van der Waals surface area contributed by atoms with E-state index in [0.29, 0.717) is 0 Å². The van der Waals surface area contributed by atoms with Crippen LogP contribution < -0.4 is 0 Å². The molecule has 17 heavy (non-hydrogen) atoms. The minimum atomic E-state index is -2.46. The lowest BCUT2D eigenvalue weighted by Crippen LogP contribution is -2.46. The highest BCUT2D eigenvalue weighted by Gasteiger charge is 2.45. The van der Waals surface area contributed by atoms with Crippen LogP contribution in [0.3, 0.4) is 0 Å². The number of esters is 2. The van der Waals surface area contributed by atoms with Crippen molar-refractivity contribution in [3.63, 3.8) is 0 Å². The molecule has 5 nitrogen and oxygen atoms in total. The van der Waals surface area contributed by atoms with Gasteiger partial charge < -0.3 is 14.6 Å². The molecule has 0 aliphatic heterocycles. The molecule has 0 aliphatic carbocycles. The van der Waals surface area contributed by atoms with Crippen LogP contribution in [0, 0.1) is 0 Å². The van der Waals surface area contributed by atoms with Crippen molar-refractivity contribution in [2.75, 3.05) is 0 Å². The molecule has 0 rings (SSSR count). The van der Waals surface area contributed by atoms with Crippen molar-refractivity contribution in [3.05, 3.63) is 12.2 Å². The van der Waals surface area contributed by atoms with Crippen LogP contribution in [0.2, 0.25) is 0 Å².